The van der Waals surface area contributed by atoms with Crippen molar-refractivity contribution in [2.24, 2.45) is 0 Å². The number of carbonyl (C=O) groups is 1. The predicted molar refractivity (Wildman–Crippen MR) is 124 cm³/mol. The Morgan fingerprint density at radius 1 is 1.21 bits per heavy atom. The quantitative estimate of drug-likeness (QED) is 0.427. The van der Waals surface area contributed by atoms with E-state index in [1.165, 1.54) is 0 Å². The van der Waals surface area contributed by atoms with Crippen molar-refractivity contribution in [2.75, 3.05) is 44.1 Å². The topological polar surface area (TPSA) is 110 Å². The lowest BCUT2D eigenvalue weighted by Crippen LogP contribution is -2.52. The van der Waals surface area contributed by atoms with Crippen molar-refractivity contribution in [1.82, 2.24) is 24.7 Å². The summed E-state index contributed by atoms with van der Waals surface area (Å²) in [5, 5.41) is 7.41. The third-order valence-corrected chi connectivity index (χ3v) is 5.68. The fourth-order valence-corrected chi connectivity index (χ4v) is 3.76. The van der Waals surface area contributed by atoms with E-state index in [4.69, 9.17) is 9.47 Å². The van der Waals surface area contributed by atoms with Gasteiger partial charge in [-0.25, -0.2) is 9.97 Å². The number of pyridine rings is 1. The third-order valence-electron chi connectivity index (χ3n) is 5.68. The molecule has 0 saturated carbocycles. The van der Waals surface area contributed by atoms with Gasteiger partial charge >= 0.3 is 0 Å². The fraction of sp³-hybridized carbons (Fsp3) is 0.304. The number of imidazole rings is 1. The number of aromatic nitrogens is 5. The van der Waals surface area contributed by atoms with Crippen LogP contribution in [-0.2, 0) is 16.0 Å². The van der Waals surface area contributed by atoms with Crippen LogP contribution in [0.25, 0.3) is 22.6 Å². The van der Waals surface area contributed by atoms with Crippen LogP contribution < -0.4 is 10.2 Å². The SMILES string of the molecule is COCCn1nc(NC(=O)c2ccc(N3CC(OC)C3)nc2)cc1-c1nc2ccccc2[nH]1. The van der Waals surface area contributed by atoms with Crippen LogP contribution >= 0.6 is 0 Å². The summed E-state index contributed by atoms with van der Waals surface area (Å²) in [5.74, 6) is 1.66. The van der Waals surface area contributed by atoms with Gasteiger partial charge in [0, 0.05) is 39.6 Å². The molecule has 0 spiro atoms. The van der Waals surface area contributed by atoms with E-state index in [9.17, 15) is 4.79 Å². The summed E-state index contributed by atoms with van der Waals surface area (Å²) in [7, 11) is 3.35. The van der Waals surface area contributed by atoms with Crippen LogP contribution in [0.15, 0.2) is 48.7 Å². The van der Waals surface area contributed by atoms with Gasteiger partial charge in [0.25, 0.3) is 5.91 Å². The molecule has 4 aromatic rings. The lowest BCUT2D eigenvalue weighted by atomic mass is 10.1. The molecule has 0 atom stereocenters. The van der Waals surface area contributed by atoms with Gasteiger partial charge in [-0.05, 0) is 24.3 Å². The number of fused-ring (bicyclic) bond motifs is 1. The molecule has 0 unspecified atom stereocenters. The highest BCUT2D eigenvalue weighted by molar-refractivity contribution is 6.03. The standard InChI is InChI=1S/C23H25N7O3/c1-32-10-9-30-19(22-25-17-5-3-4-6-18(17)26-22)11-20(28-30)27-23(31)15-7-8-21(24-12-15)29-13-16(14-29)33-2/h3-8,11-12,16H,9-10,13-14H2,1-2H3,(H,25,26)(H,27,28,31). The number of amides is 1. The maximum Gasteiger partial charge on any atom is 0.258 e. The Labute approximate surface area is 190 Å². The van der Waals surface area contributed by atoms with Crippen molar-refractivity contribution >= 4 is 28.6 Å². The zero-order valence-corrected chi connectivity index (χ0v) is 18.5. The minimum Gasteiger partial charge on any atom is -0.383 e. The molecular formula is C23H25N7O3. The van der Waals surface area contributed by atoms with Gasteiger partial charge < -0.3 is 24.7 Å². The van der Waals surface area contributed by atoms with E-state index in [-0.39, 0.29) is 12.0 Å². The van der Waals surface area contributed by atoms with Crippen molar-refractivity contribution in [2.45, 2.75) is 12.6 Å². The molecule has 10 heteroatoms. The Morgan fingerprint density at radius 3 is 2.79 bits per heavy atom. The van der Waals surface area contributed by atoms with Crippen LogP contribution in [0, 0.1) is 0 Å². The molecular weight excluding hydrogens is 422 g/mol. The lowest BCUT2D eigenvalue weighted by molar-refractivity contribution is 0.0783. The predicted octanol–water partition coefficient (Wildman–Crippen LogP) is 2.56. The smallest absolute Gasteiger partial charge is 0.258 e. The summed E-state index contributed by atoms with van der Waals surface area (Å²) in [6, 6.07) is 13.2. The number of hydrogen-bond donors (Lipinski definition) is 2. The minimum absolute atomic E-state index is 0.240. The number of nitrogens with one attached hydrogen (secondary N) is 2. The van der Waals surface area contributed by atoms with E-state index in [1.54, 1.807) is 37.2 Å². The van der Waals surface area contributed by atoms with Gasteiger partial charge in [0.05, 0.1) is 35.9 Å². The monoisotopic (exact) mass is 447 g/mol. The summed E-state index contributed by atoms with van der Waals surface area (Å²) < 4.78 is 12.3. The first-order valence-electron chi connectivity index (χ1n) is 10.7. The number of hydrogen-bond acceptors (Lipinski definition) is 7. The Kier molecular flexibility index (Phi) is 5.76. The van der Waals surface area contributed by atoms with E-state index in [2.05, 4.69) is 30.3 Å². The molecule has 1 aromatic carbocycles. The van der Waals surface area contributed by atoms with Crippen molar-refractivity contribution in [1.29, 1.82) is 0 Å². The zero-order chi connectivity index (χ0) is 22.8. The van der Waals surface area contributed by atoms with E-state index in [0.29, 0.717) is 30.4 Å². The summed E-state index contributed by atoms with van der Waals surface area (Å²) >= 11 is 0. The third kappa shape index (κ3) is 4.30. The second kappa shape index (κ2) is 9.00. The molecule has 0 aliphatic carbocycles. The number of carbonyl (C=O) groups excluding carboxylic acids is 1. The maximum atomic E-state index is 12.8. The number of benzene rings is 1. The van der Waals surface area contributed by atoms with E-state index in [1.807, 2.05) is 30.3 Å². The summed E-state index contributed by atoms with van der Waals surface area (Å²) in [5.41, 5.74) is 3.02. The lowest BCUT2D eigenvalue weighted by Gasteiger charge is -2.38. The van der Waals surface area contributed by atoms with Gasteiger partial charge in [0.15, 0.2) is 11.6 Å². The number of para-hydroxylation sites is 2. The van der Waals surface area contributed by atoms with Gasteiger partial charge in [-0.3, -0.25) is 9.48 Å². The van der Waals surface area contributed by atoms with E-state index < -0.39 is 0 Å². The number of ether oxygens (including phenoxy) is 2. The van der Waals surface area contributed by atoms with Crippen molar-refractivity contribution in [3.05, 3.63) is 54.2 Å². The highest BCUT2D eigenvalue weighted by atomic mass is 16.5. The number of aromatic amines is 1. The molecule has 10 nitrogen and oxygen atoms in total. The number of rotatable bonds is 8. The van der Waals surface area contributed by atoms with Crippen LogP contribution in [0.2, 0.25) is 0 Å². The fourth-order valence-electron chi connectivity index (χ4n) is 3.76. The number of nitrogens with zero attached hydrogens (tertiary/aromatic N) is 5. The van der Waals surface area contributed by atoms with Crippen LogP contribution in [0.1, 0.15) is 10.4 Å². The maximum absolute atomic E-state index is 12.8. The highest BCUT2D eigenvalue weighted by Crippen LogP contribution is 2.24. The molecule has 1 fully saturated rings. The molecule has 1 amide bonds. The molecule has 1 aliphatic rings. The van der Waals surface area contributed by atoms with Crippen LogP contribution in [0.5, 0.6) is 0 Å². The molecule has 5 rings (SSSR count). The molecule has 4 heterocycles. The molecule has 33 heavy (non-hydrogen) atoms. The molecule has 1 aliphatic heterocycles. The Balaban J connectivity index is 1.34. The molecule has 1 saturated heterocycles. The average Bonchev–Trinajstić information content (AvgIpc) is 3.41. The highest BCUT2D eigenvalue weighted by Gasteiger charge is 2.27. The first kappa shape index (κ1) is 21.1. The van der Waals surface area contributed by atoms with Gasteiger partial charge in [-0.1, -0.05) is 12.1 Å². The number of H-pyrrole nitrogens is 1. The molecule has 0 bridgehead atoms. The van der Waals surface area contributed by atoms with Crippen LogP contribution in [-0.4, -0.2) is 70.7 Å². The van der Waals surface area contributed by atoms with Crippen molar-refractivity contribution in [3.8, 4) is 11.5 Å². The Bertz CT molecular complexity index is 1230. The van der Waals surface area contributed by atoms with E-state index in [0.717, 1.165) is 35.6 Å². The Hall–Kier alpha value is -3.76. The summed E-state index contributed by atoms with van der Waals surface area (Å²) in [6.07, 6.45) is 1.82. The molecule has 2 N–H and O–H groups in total. The second-order valence-corrected chi connectivity index (χ2v) is 7.86. The summed E-state index contributed by atoms with van der Waals surface area (Å²) in [6.45, 7) is 2.61. The Morgan fingerprint density at radius 2 is 2.06 bits per heavy atom. The van der Waals surface area contributed by atoms with E-state index >= 15 is 0 Å². The van der Waals surface area contributed by atoms with Gasteiger partial charge in [-0.15, -0.1) is 0 Å². The van der Waals surface area contributed by atoms with Gasteiger partial charge in [-0.2, -0.15) is 5.10 Å². The molecule has 3 aromatic heterocycles. The van der Waals surface area contributed by atoms with Crippen LogP contribution in [0.4, 0.5) is 11.6 Å². The largest absolute Gasteiger partial charge is 0.383 e. The normalized spacial score (nSPS) is 13.9. The van der Waals surface area contributed by atoms with Gasteiger partial charge in [0.1, 0.15) is 11.5 Å². The molecule has 0 radical (unpaired) electrons. The summed E-state index contributed by atoms with van der Waals surface area (Å²) in [4.78, 5) is 27.3. The number of methoxy groups -OCH3 is 2. The second-order valence-electron chi connectivity index (χ2n) is 7.86. The van der Waals surface area contributed by atoms with Gasteiger partial charge in [0.2, 0.25) is 0 Å². The minimum atomic E-state index is -0.278. The zero-order valence-electron chi connectivity index (χ0n) is 18.5. The first-order chi connectivity index (χ1) is 16.1. The average molecular weight is 447 g/mol. The number of anilines is 2. The van der Waals surface area contributed by atoms with Crippen molar-refractivity contribution in [3.63, 3.8) is 0 Å². The molecule has 170 valence electrons. The first-order valence-corrected chi connectivity index (χ1v) is 10.7. The van der Waals surface area contributed by atoms with Crippen molar-refractivity contribution < 1.29 is 14.3 Å². The van der Waals surface area contributed by atoms with Crippen LogP contribution in [0.3, 0.4) is 0 Å².